The summed E-state index contributed by atoms with van der Waals surface area (Å²) in [6.07, 6.45) is 0.823. The Kier molecular flexibility index (Phi) is 6.66. The molecule has 0 amide bonds. The van der Waals surface area contributed by atoms with E-state index in [-0.39, 0.29) is 17.7 Å². The Morgan fingerprint density at radius 2 is 1.80 bits per heavy atom. The van der Waals surface area contributed by atoms with Crippen molar-refractivity contribution < 1.29 is 9.47 Å². The van der Waals surface area contributed by atoms with E-state index in [2.05, 4.69) is 26.0 Å². The zero-order valence-electron chi connectivity index (χ0n) is 13.5. The molecule has 1 aromatic rings. The van der Waals surface area contributed by atoms with Gasteiger partial charge in [0.2, 0.25) is 0 Å². The second kappa shape index (κ2) is 7.77. The topological polar surface area (TPSA) is 44.5 Å². The van der Waals surface area contributed by atoms with Crippen molar-refractivity contribution in [2.24, 2.45) is 5.73 Å². The fourth-order valence-electron chi connectivity index (χ4n) is 2.09. The molecular weight excluding hydrogens is 250 g/mol. The Labute approximate surface area is 123 Å². The lowest BCUT2D eigenvalue weighted by Gasteiger charge is -2.26. The van der Waals surface area contributed by atoms with Crippen LogP contribution in [-0.4, -0.2) is 24.9 Å². The molecule has 2 atom stereocenters. The van der Waals surface area contributed by atoms with Crippen LogP contribution in [0.3, 0.4) is 0 Å². The molecule has 1 aromatic carbocycles. The van der Waals surface area contributed by atoms with Crippen molar-refractivity contribution in [3.05, 3.63) is 35.4 Å². The second-order valence-corrected chi connectivity index (χ2v) is 6.18. The molecule has 0 aliphatic heterocycles. The predicted octanol–water partition coefficient (Wildman–Crippen LogP) is 3.61. The zero-order chi connectivity index (χ0) is 15.2. The Morgan fingerprint density at radius 3 is 2.35 bits per heavy atom. The lowest BCUT2D eigenvalue weighted by Crippen LogP contribution is -2.31. The highest BCUT2D eigenvalue weighted by atomic mass is 16.5. The minimum Gasteiger partial charge on any atom is -0.373 e. The van der Waals surface area contributed by atoms with Gasteiger partial charge in [0.15, 0.2) is 0 Å². The average molecular weight is 279 g/mol. The lowest BCUT2D eigenvalue weighted by atomic mass is 9.97. The van der Waals surface area contributed by atoms with Gasteiger partial charge in [-0.05, 0) is 45.2 Å². The summed E-state index contributed by atoms with van der Waals surface area (Å²) in [7, 11) is 0. The summed E-state index contributed by atoms with van der Waals surface area (Å²) in [6.45, 7) is 11.5. The highest BCUT2D eigenvalue weighted by Gasteiger charge is 2.21. The minimum absolute atomic E-state index is 0.00531. The van der Waals surface area contributed by atoms with Crippen molar-refractivity contribution >= 4 is 0 Å². The monoisotopic (exact) mass is 279 g/mol. The van der Waals surface area contributed by atoms with Gasteiger partial charge in [-0.2, -0.15) is 0 Å². The Balaban J connectivity index is 2.65. The third kappa shape index (κ3) is 5.61. The normalized spacial score (nSPS) is 15.1. The van der Waals surface area contributed by atoms with E-state index < -0.39 is 0 Å². The first kappa shape index (κ1) is 17.2. The quantitative estimate of drug-likeness (QED) is 0.776. The smallest absolute Gasteiger partial charge is 0.0979 e. The van der Waals surface area contributed by atoms with Crippen LogP contribution in [0, 0.1) is 6.92 Å². The molecule has 2 unspecified atom stereocenters. The molecule has 0 heterocycles. The summed E-state index contributed by atoms with van der Waals surface area (Å²) in [5.41, 5.74) is 8.49. The number of rotatable bonds is 7. The number of aryl methyl sites for hydroxylation is 1. The molecule has 0 saturated heterocycles. The van der Waals surface area contributed by atoms with Crippen LogP contribution in [0.15, 0.2) is 24.3 Å². The molecule has 114 valence electrons. The maximum atomic E-state index is 6.22. The van der Waals surface area contributed by atoms with Crippen molar-refractivity contribution in [1.82, 2.24) is 0 Å². The van der Waals surface area contributed by atoms with Crippen molar-refractivity contribution in [1.29, 1.82) is 0 Å². The highest BCUT2D eigenvalue weighted by molar-refractivity contribution is 5.28. The van der Waals surface area contributed by atoms with Gasteiger partial charge in [0, 0.05) is 6.04 Å². The maximum Gasteiger partial charge on any atom is 0.0979 e. The number of hydrogen-bond donors (Lipinski definition) is 1. The predicted molar refractivity (Wildman–Crippen MR) is 83.8 cm³/mol. The standard InChI is InChI=1S/C17H29NO2/c1-6-15(18)16(14-10-8-7-9-13(14)2)19-11-12-20-17(3,4)5/h7-10,15-16H,6,11-12,18H2,1-5H3. The van der Waals surface area contributed by atoms with Crippen LogP contribution in [0.2, 0.25) is 0 Å². The number of nitrogens with two attached hydrogens (primary N) is 1. The van der Waals surface area contributed by atoms with Gasteiger partial charge in [-0.15, -0.1) is 0 Å². The molecular formula is C17H29NO2. The van der Waals surface area contributed by atoms with Gasteiger partial charge in [0.25, 0.3) is 0 Å². The van der Waals surface area contributed by atoms with Crippen LogP contribution in [-0.2, 0) is 9.47 Å². The first-order valence-corrected chi connectivity index (χ1v) is 7.42. The van der Waals surface area contributed by atoms with E-state index in [0.29, 0.717) is 13.2 Å². The molecule has 0 aliphatic rings. The van der Waals surface area contributed by atoms with Crippen molar-refractivity contribution in [2.45, 2.75) is 58.8 Å². The van der Waals surface area contributed by atoms with Crippen molar-refractivity contribution in [3.63, 3.8) is 0 Å². The molecule has 3 heteroatoms. The van der Waals surface area contributed by atoms with Crippen LogP contribution < -0.4 is 5.73 Å². The average Bonchev–Trinajstić information content (AvgIpc) is 2.38. The van der Waals surface area contributed by atoms with Gasteiger partial charge in [0.05, 0.1) is 24.9 Å². The van der Waals surface area contributed by atoms with Crippen LogP contribution >= 0.6 is 0 Å². The molecule has 20 heavy (non-hydrogen) atoms. The van der Waals surface area contributed by atoms with E-state index in [4.69, 9.17) is 15.2 Å². The first-order valence-electron chi connectivity index (χ1n) is 7.42. The molecule has 0 aliphatic carbocycles. The third-order valence-electron chi connectivity index (χ3n) is 3.27. The van der Waals surface area contributed by atoms with Crippen LogP contribution in [0.5, 0.6) is 0 Å². The molecule has 3 nitrogen and oxygen atoms in total. The fourth-order valence-corrected chi connectivity index (χ4v) is 2.09. The number of benzene rings is 1. The fraction of sp³-hybridized carbons (Fsp3) is 0.647. The van der Waals surface area contributed by atoms with E-state index in [1.807, 2.05) is 32.9 Å². The van der Waals surface area contributed by atoms with Gasteiger partial charge in [-0.1, -0.05) is 31.2 Å². The minimum atomic E-state index is -0.131. The Bertz CT molecular complexity index is 398. The van der Waals surface area contributed by atoms with Crippen molar-refractivity contribution in [2.75, 3.05) is 13.2 Å². The van der Waals surface area contributed by atoms with Gasteiger partial charge in [-0.3, -0.25) is 0 Å². The van der Waals surface area contributed by atoms with Gasteiger partial charge in [0.1, 0.15) is 0 Å². The summed E-state index contributed by atoms with van der Waals surface area (Å²) in [4.78, 5) is 0. The summed E-state index contributed by atoms with van der Waals surface area (Å²) in [5, 5.41) is 0. The molecule has 1 rings (SSSR count). The molecule has 0 aromatic heterocycles. The maximum absolute atomic E-state index is 6.22. The van der Waals surface area contributed by atoms with Crippen LogP contribution in [0.1, 0.15) is 51.3 Å². The Hall–Kier alpha value is -0.900. The molecule has 0 spiro atoms. The zero-order valence-corrected chi connectivity index (χ0v) is 13.5. The summed E-state index contributed by atoms with van der Waals surface area (Å²) in [5.74, 6) is 0. The lowest BCUT2D eigenvalue weighted by molar-refractivity contribution is -0.0571. The number of hydrogen-bond acceptors (Lipinski definition) is 3. The van der Waals surface area contributed by atoms with E-state index in [9.17, 15) is 0 Å². The molecule has 0 radical (unpaired) electrons. The van der Waals surface area contributed by atoms with Crippen LogP contribution in [0.4, 0.5) is 0 Å². The highest BCUT2D eigenvalue weighted by Crippen LogP contribution is 2.25. The first-order chi connectivity index (χ1) is 9.35. The van der Waals surface area contributed by atoms with Crippen LogP contribution in [0.25, 0.3) is 0 Å². The van der Waals surface area contributed by atoms with E-state index >= 15 is 0 Å². The Morgan fingerprint density at radius 1 is 1.15 bits per heavy atom. The van der Waals surface area contributed by atoms with Gasteiger partial charge >= 0.3 is 0 Å². The number of ether oxygens (including phenoxy) is 2. The summed E-state index contributed by atoms with van der Waals surface area (Å²) in [6, 6.07) is 8.27. The molecule has 0 saturated carbocycles. The molecule has 2 N–H and O–H groups in total. The van der Waals surface area contributed by atoms with Gasteiger partial charge < -0.3 is 15.2 Å². The van der Waals surface area contributed by atoms with E-state index in [0.717, 1.165) is 6.42 Å². The van der Waals surface area contributed by atoms with Gasteiger partial charge in [-0.25, -0.2) is 0 Å². The molecule has 0 fully saturated rings. The second-order valence-electron chi connectivity index (χ2n) is 6.18. The summed E-state index contributed by atoms with van der Waals surface area (Å²) >= 11 is 0. The third-order valence-corrected chi connectivity index (χ3v) is 3.27. The SMILES string of the molecule is CCC(N)C(OCCOC(C)(C)C)c1ccccc1C. The van der Waals surface area contributed by atoms with E-state index in [1.165, 1.54) is 11.1 Å². The van der Waals surface area contributed by atoms with Crippen molar-refractivity contribution in [3.8, 4) is 0 Å². The largest absolute Gasteiger partial charge is 0.373 e. The molecule has 0 bridgehead atoms. The summed E-state index contributed by atoms with van der Waals surface area (Å²) < 4.78 is 11.7. The van der Waals surface area contributed by atoms with E-state index in [1.54, 1.807) is 0 Å².